The summed E-state index contributed by atoms with van der Waals surface area (Å²) in [6, 6.07) is 1.19. The fourth-order valence-electron chi connectivity index (χ4n) is 3.43. The number of rotatable bonds is 6. The van der Waals surface area contributed by atoms with Gasteiger partial charge in [0.1, 0.15) is 11.9 Å². The number of terminal acetylenes is 1. The zero-order valence-electron chi connectivity index (χ0n) is 15.0. The number of amides is 4. The third kappa shape index (κ3) is 3.34. The van der Waals surface area contributed by atoms with E-state index in [1.807, 2.05) is 0 Å². The summed E-state index contributed by atoms with van der Waals surface area (Å²) in [5.74, 6) is -0.846. The number of carbonyl (C=O) groups is 4. The number of piperidine rings is 1. The topological polar surface area (TPSA) is 113 Å². The SMILES string of the molecule is C#CCCN(CCN)c1cc2c(cc1F)C(=O)N(C1CCC(=O)NC1=O)C2=O. The van der Waals surface area contributed by atoms with E-state index in [2.05, 4.69) is 11.2 Å². The van der Waals surface area contributed by atoms with Gasteiger partial charge in [-0.25, -0.2) is 4.39 Å². The van der Waals surface area contributed by atoms with Crippen molar-refractivity contribution in [3.05, 3.63) is 29.1 Å². The predicted molar refractivity (Wildman–Crippen MR) is 97.8 cm³/mol. The Morgan fingerprint density at radius 2 is 1.89 bits per heavy atom. The Balaban J connectivity index is 1.95. The second kappa shape index (κ2) is 7.78. The summed E-state index contributed by atoms with van der Waals surface area (Å²) in [6.07, 6.45) is 5.68. The number of fused-ring (bicyclic) bond motifs is 1. The van der Waals surface area contributed by atoms with E-state index in [-0.39, 0.29) is 36.2 Å². The van der Waals surface area contributed by atoms with Crippen molar-refractivity contribution in [1.29, 1.82) is 0 Å². The van der Waals surface area contributed by atoms with Crippen LogP contribution in [0.4, 0.5) is 10.1 Å². The lowest BCUT2D eigenvalue weighted by molar-refractivity contribution is -0.136. The highest BCUT2D eigenvalue weighted by Gasteiger charge is 2.45. The molecular formula is C19H19FN4O4. The molecule has 8 nitrogen and oxygen atoms in total. The van der Waals surface area contributed by atoms with E-state index in [0.717, 1.165) is 11.0 Å². The van der Waals surface area contributed by atoms with Crippen LogP contribution < -0.4 is 16.0 Å². The molecule has 1 atom stereocenters. The van der Waals surface area contributed by atoms with Crippen molar-refractivity contribution in [2.24, 2.45) is 5.73 Å². The van der Waals surface area contributed by atoms with Crippen molar-refractivity contribution in [1.82, 2.24) is 10.2 Å². The minimum atomic E-state index is -1.10. The molecule has 0 aliphatic carbocycles. The summed E-state index contributed by atoms with van der Waals surface area (Å²) in [5, 5.41) is 2.12. The first-order chi connectivity index (χ1) is 13.4. The maximum atomic E-state index is 14.7. The van der Waals surface area contributed by atoms with Crippen LogP contribution in [0.1, 0.15) is 40.0 Å². The summed E-state index contributed by atoms with van der Waals surface area (Å²) in [4.78, 5) is 51.3. The maximum Gasteiger partial charge on any atom is 0.262 e. The Morgan fingerprint density at radius 3 is 2.50 bits per heavy atom. The van der Waals surface area contributed by atoms with E-state index < -0.39 is 35.5 Å². The molecule has 146 valence electrons. The summed E-state index contributed by atoms with van der Waals surface area (Å²) in [7, 11) is 0. The van der Waals surface area contributed by atoms with Gasteiger partial charge in [0, 0.05) is 32.5 Å². The Morgan fingerprint density at radius 1 is 1.21 bits per heavy atom. The number of nitrogens with zero attached hydrogens (tertiary/aromatic N) is 2. The monoisotopic (exact) mass is 386 g/mol. The van der Waals surface area contributed by atoms with Gasteiger partial charge in [0.2, 0.25) is 11.8 Å². The molecule has 0 saturated carbocycles. The van der Waals surface area contributed by atoms with Gasteiger partial charge in [-0.1, -0.05) is 0 Å². The lowest BCUT2D eigenvalue weighted by atomic mass is 10.0. The number of carbonyl (C=O) groups excluding carboxylic acids is 4. The molecule has 0 bridgehead atoms. The van der Waals surface area contributed by atoms with Crippen LogP contribution in [-0.2, 0) is 9.59 Å². The van der Waals surface area contributed by atoms with Gasteiger partial charge >= 0.3 is 0 Å². The Hall–Kier alpha value is -3.25. The molecule has 4 amide bonds. The molecule has 0 radical (unpaired) electrons. The quantitative estimate of drug-likeness (QED) is 0.526. The first kappa shape index (κ1) is 19.5. The van der Waals surface area contributed by atoms with Gasteiger partial charge in [0.05, 0.1) is 16.8 Å². The predicted octanol–water partition coefficient (Wildman–Crippen LogP) is 0.0153. The van der Waals surface area contributed by atoms with Crippen LogP contribution >= 0.6 is 0 Å². The highest BCUT2D eigenvalue weighted by molar-refractivity contribution is 6.23. The van der Waals surface area contributed by atoms with Crippen LogP contribution in [0, 0.1) is 18.2 Å². The third-order valence-electron chi connectivity index (χ3n) is 4.77. The number of hydrogen-bond donors (Lipinski definition) is 2. The lowest BCUT2D eigenvalue weighted by Crippen LogP contribution is -2.54. The van der Waals surface area contributed by atoms with Crippen LogP contribution in [0.25, 0.3) is 0 Å². The third-order valence-corrected chi connectivity index (χ3v) is 4.77. The van der Waals surface area contributed by atoms with Crippen molar-refractivity contribution in [2.75, 3.05) is 24.5 Å². The highest BCUT2D eigenvalue weighted by Crippen LogP contribution is 2.32. The van der Waals surface area contributed by atoms with Crippen molar-refractivity contribution in [3.63, 3.8) is 0 Å². The van der Waals surface area contributed by atoms with E-state index in [9.17, 15) is 23.6 Å². The molecule has 1 unspecified atom stereocenters. The van der Waals surface area contributed by atoms with E-state index in [0.29, 0.717) is 19.5 Å². The Bertz CT molecular complexity index is 908. The van der Waals surface area contributed by atoms with Gasteiger partial charge in [-0.05, 0) is 18.6 Å². The standard InChI is InChI=1S/C19H19FN4O4/c1-2-3-7-23(8-6-21)15-10-12-11(9-13(15)20)18(27)24(19(12)28)14-4-5-16(25)22-17(14)26/h1,9-10,14H,3-8,21H2,(H,22,25,26). The molecule has 1 aromatic carbocycles. The average Bonchev–Trinajstić information content (AvgIpc) is 2.89. The van der Waals surface area contributed by atoms with Crippen LogP contribution in [0.3, 0.4) is 0 Å². The number of hydrogen-bond acceptors (Lipinski definition) is 6. The summed E-state index contributed by atoms with van der Waals surface area (Å²) >= 11 is 0. The number of nitrogens with two attached hydrogens (primary N) is 1. The molecule has 1 saturated heterocycles. The van der Waals surface area contributed by atoms with Crippen LogP contribution in [0.5, 0.6) is 0 Å². The maximum absolute atomic E-state index is 14.7. The zero-order valence-corrected chi connectivity index (χ0v) is 15.0. The summed E-state index contributed by atoms with van der Waals surface area (Å²) < 4.78 is 14.7. The lowest BCUT2D eigenvalue weighted by Gasteiger charge is -2.27. The smallest absolute Gasteiger partial charge is 0.262 e. The van der Waals surface area contributed by atoms with Gasteiger partial charge < -0.3 is 10.6 Å². The number of benzene rings is 1. The molecule has 0 spiro atoms. The van der Waals surface area contributed by atoms with Crippen molar-refractivity contribution < 1.29 is 23.6 Å². The number of halogens is 1. The first-order valence-corrected chi connectivity index (χ1v) is 8.82. The number of nitrogens with one attached hydrogen (secondary N) is 1. The molecule has 0 aromatic heterocycles. The second-order valence-corrected chi connectivity index (χ2v) is 6.53. The first-order valence-electron chi connectivity index (χ1n) is 8.82. The molecule has 1 aromatic rings. The van der Waals surface area contributed by atoms with Crippen LogP contribution in [0.2, 0.25) is 0 Å². The number of anilines is 1. The van der Waals surface area contributed by atoms with Gasteiger partial charge in [0.25, 0.3) is 11.8 Å². The van der Waals surface area contributed by atoms with Crippen LogP contribution in [0.15, 0.2) is 12.1 Å². The molecule has 3 rings (SSSR count). The van der Waals surface area contributed by atoms with Crippen molar-refractivity contribution in [3.8, 4) is 12.3 Å². The van der Waals surface area contributed by atoms with E-state index in [1.165, 1.54) is 6.07 Å². The van der Waals surface area contributed by atoms with Crippen molar-refractivity contribution >= 4 is 29.3 Å². The molecule has 2 heterocycles. The zero-order chi connectivity index (χ0) is 20.4. The van der Waals surface area contributed by atoms with Gasteiger partial charge in [-0.2, -0.15) is 0 Å². The normalized spacial score (nSPS) is 18.8. The summed E-state index contributed by atoms with van der Waals surface area (Å²) in [6.45, 7) is 0.898. The van der Waals surface area contributed by atoms with E-state index in [4.69, 9.17) is 12.2 Å². The average molecular weight is 386 g/mol. The number of imide groups is 2. The van der Waals surface area contributed by atoms with Gasteiger partial charge in [-0.3, -0.25) is 29.4 Å². The minimum absolute atomic E-state index is 0.00818. The fraction of sp³-hybridized carbons (Fsp3) is 0.368. The molecule has 2 aliphatic rings. The van der Waals surface area contributed by atoms with Crippen molar-refractivity contribution in [2.45, 2.75) is 25.3 Å². The van der Waals surface area contributed by atoms with E-state index >= 15 is 0 Å². The molecule has 28 heavy (non-hydrogen) atoms. The highest BCUT2D eigenvalue weighted by atomic mass is 19.1. The Labute approximate surface area is 160 Å². The molecule has 3 N–H and O–H groups in total. The van der Waals surface area contributed by atoms with Gasteiger partial charge in [-0.15, -0.1) is 12.3 Å². The van der Waals surface area contributed by atoms with E-state index in [1.54, 1.807) is 4.90 Å². The second-order valence-electron chi connectivity index (χ2n) is 6.53. The molecule has 2 aliphatic heterocycles. The largest absolute Gasteiger partial charge is 0.367 e. The molecular weight excluding hydrogens is 367 g/mol. The fourth-order valence-corrected chi connectivity index (χ4v) is 3.43. The minimum Gasteiger partial charge on any atom is -0.367 e. The summed E-state index contributed by atoms with van der Waals surface area (Å²) in [5.41, 5.74) is 5.59. The molecule has 9 heteroatoms. The molecule has 1 fully saturated rings. The Kier molecular flexibility index (Phi) is 5.42. The van der Waals surface area contributed by atoms with Gasteiger partial charge in [0.15, 0.2) is 0 Å². The van der Waals surface area contributed by atoms with Crippen LogP contribution in [-0.4, -0.2) is 54.2 Å².